The maximum atomic E-state index is 6.19. The van der Waals surface area contributed by atoms with Crippen molar-refractivity contribution in [2.45, 2.75) is 32.2 Å². The van der Waals surface area contributed by atoms with Gasteiger partial charge in [0.2, 0.25) is 0 Å². The van der Waals surface area contributed by atoms with Gasteiger partial charge in [-0.05, 0) is 61.6 Å². The smallest absolute Gasteiger partial charge is 0.0844 e. The summed E-state index contributed by atoms with van der Waals surface area (Å²) >= 11 is 12.2. The van der Waals surface area contributed by atoms with Crippen LogP contribution in [0.25, 0.3) is 0 Å². The lowest BCUT2D eigenvalue weighted by Crippen LogP contribution is -2.16. The first kappa shape index (κ1) is 19.9. The van der Waals surface area contributed by atoms with E-state index in [-0.39, 0.29) is 0 Å². The molecule has 4 nitrogen and oxygen atoms in total. The molecule has 0 saturated heterocycles. The number of allylic oxidation sites excluding steroid dienone is 1. The van der Waals surface area contributed by atoms with Crippen molar-refractivity contribution in [2.24, 2.45) is 0 Å². The van der Waals surface area contributed by atoms with Crippen LogP contribution < -0.4 is 21.7 Å². The predicted octanol–water partition coefficient (Wildman–Crippen LogP) is 5.43. The summed E-state index contributed by atoms with van der Waals surface area (Å²) in [6, 6.07) is 10.3. The molecule has 0 bridgehead atoms. The number of rotatable bonds is 8. The maximum Gasteiger partial charge on any atom is 0.0844 e. The van der Waals surface area contributed by atoms with Crippen molar-refractivity contribution >= 4 is 40.3 Å². The minimum absolute atomic E-state index is 0.409. The molecule has 0 radical (unpaired) electrons. The molecule has 5 N–H and O–H groups in total. The predicted molar refractivity (Wildman–Crippen MR) is 118 cm³/mol. The summed E-state index contributed by atoms with van der Waals surface area (Å²) in [7, 11) is 0. The van der Waals surface area contributed by atoms with Crippen molar-refractivity contribution in [1.29, 1.82) is 0 Å². The number of aryl methyl sites for hydroxylation is 1. The Labute approximate surface area is 171 Å². The molecule has 0 atom stereocenters. The quantitative estimate of drug-likeness (QED) is 0.349. The van der Waals surface area contributed by atoms with E-state index in [0.29, 0.717) is 15.7 Å². The standard InChI is InChI=1S/C21H26Cl2N4/c1-14-4-6-16-7-5-15(12-19(16)27-14)13-25-10-2-3-11-26-18-9-8-17(24)20(22)21(18)23/h5,7-9,12,25-27H,1-4,6,10-11,13,24H2. The second kappa shape index (κ2) is 9.36. The number of nitrogen functional groups attached to an aromatic ring is 1. The van der Waals surface area contributed by atoms with E-state index in [4.69, 9.17) is 28.9 Å². The average Bonchev–Trinajstić information content (AvgIpc) is 2.66. The van der Waals surface area contributed by atoms with Crippen LogP contribution in [0.4, 0.5) is 17.1 Å². The van der Waals surface area contributed by atoms with Gasteiger partial charge in [-0.25, -0.2) is 0 Å². The lowest BCUT2D eigenvalue weighted by Gasteiger charge is -2.20. The molecule has 0 fully saturated rings. The number of nitrogens with two attached hydrogens (primary N) is 1. The Kier molecular flexibility index (Phi) is 6.89. The van der Waals surface area contributed by atoms with Crippen molar-refractivity contribution in [3.8, 4) is 0 Å². The van der Waals surface area contributed by atoms with Gasteiger partial charge in [0.15, 0.2) is 0 Å². The molecule has 0 unspecified atom stereocenters. The molecule has 6 heteroatoms. The first-order valence-corrected chi connectivity index (χ1v) is 10.0. The Balaban J connectivity index is 1.35. The van der Waals surface area contributed by atoms with Crippen molar-refractivity contribution in [3.05, 3.63) is 63.8 Å². The largest absolute Gasteiger partial charge is 0.397 e. The second-order valence-corrected chi connectivity index (χ2v) is 7.62. The van der Waals surface area contributed by atoms with E-state index in [1.165, 1.54) is 16.8 Å². The van der Waals surface area contributed by atoms with Gasteiger partial charge in [-0.1, -0.05) is 41.9 Å². The Morgan fingerprint density at radius 3 is 2.70 bits per heavy atom. The third-order valence-electron chi connectivity index (χ3n) is 4.72. The zero-order valence-corrected chi connectivity index (χ0v) is 16.9. The summed E-state index contributed by atoms with van der Waals surface area (Å²) < 4.78 is 0. The highest BCUT2D eigenvalue weighted by molar-refractivity contribution is 6.45. The number of nitrogens with one attached hydrogen (secondary N) is 3. The number of hydrogen-bond acceptors (Lipinski definition) is 4. The maximum absolute atomic E-state index is 6.19. The number of anilines is 3. The van der Waals surface area contributed by atoms with Crippen LogP contribution in [-0.4, -0.2) is 13.1 Å². The van der Waals surface area contributed by atoms with Gasteiger partial charge < -0.3 is 21.7 Å². The summed E-state index contributed by atoms with van der Waals surface area (Å²) in [5.74, 6) is 0. The molecule has 1 aliphatic heterocycles. The molecule has 0 amide bonds. The summed E-state index contributed by atoms with van der Waals surface area (Å²) in [5.41, 5.74) is 12.0. The fourth-order valence-corrected chi connectivity index (χ4v) is 3.54. The third kappa shape index (κ3) is 5.32. The molecule has 0 aromatic heterocycles. The lowest BCUT2D eigenvalue weighted by atomic mass is 10.00. The SMILES string of the molecule is C=C1CCc2ccc(CNCCCCNc3ccc(N)c(Cl)c3Cl)cc2N1. The van der Waals surface area contributed by atoms with Crippen LogP contribution in [-0.2, 0) is 13.0 Å². The molecule has 3 rings (SSSR count). The monoisotopic (exact) mass is 404 g/mol. The molecule has 2 aromatic carbocycles. The van der Waals surface area contributed by atoms with Crippen LogP contribution in [0.15, 0.2) is 42.6 Å². The summed E-state index contributed by atoms with van der Waals surface area (Å²) in [5, 5.41) is 11.1. The minimum atomic E-state index is 0.409. The highest BCUT2D eigenvalue weighted by Crippen LogP contribution is 2.34. The number of halogens is 2. The van der Waals surface area contributed by atoms with E-state index in [1.54, 1.807) is 6.07 Å². The normalized spacial score (nSPS) is 13.2. The van der Waals surface area contributed by atoms with Crippen LogP contribution in [0.2, 0.25) is 10.0 Å². The van der Waals surface area contributed by atoms with Crippen LogP contribution in [0.3, 0.4) is 0 Å². The van der Waals surface area contributed by atoms with Crippen molar-refractivity contribution in [2.75, 3.05) is 29.5 Å². The zero-order chi connectivity index (χ0) is 19.2. The molecule has 1 heterocycles. The number of benzene rings is 2. The summed E-state index contributed by atoms with van der Waals surface area (Å²) in [6.45, 7) is 6.71. The Bertz CT molecular complexity index is 820. The van der Waals surface area contributed by atoms with E-state index in [2.05, 4.69) is 40.7 Å². The molecule has 0 spiro atoms. The topological polar surface area (TPSA) is 62.1 Å². The van der Waals surface area contributed by atoms with E-state index in [9.17, 15) is 0 Å². The van der Waals surface area contributed by atoms with E-state index < -0.39 is 0 Å². The fourth-order valence-electron chi connectivity index (χ4n) is 3.14. The third-order valence-corrected chi connectivity index (χ3v) is 5.62. The van der Waals surface area contributed by atoms with Crippen molar-refractivity contribution < 1.29 is 0 Å². The average molecular weight is 405 g/mol. The van der Waals surface area contributed by atoms with Crippen molar-refractivity contribution in [3.63, 3.8) is 0 Å². The highest BCUT2D eigenvalue weighted by atomic mass is 35.5. The van der Waals surface area contributed by atoms with Gasteiger partial charge in [0.25, 0.3) is 0 Å². The zero-order valence-electron chi connectivity index (χ0n) is 15.4. The summed E-state index contributed by atoms with van der Waals surface area (Å²) in [6.07, 6.45) is 4.21. The van der Waals surface area contributed by atoms with Crippen LogP contribution in [0.5, 0.6) is 0 Å². The van der Waals surface area contributed by atoms with Crippen LogP contribution in [0, 0.1) is 0 Å². The lowest BCUT2D eigenvalue weighted by molar-refractivity contribution is 0.633. The number of hydrogen-bond donors (Lipinski definition) is 4. The molecular weight excluding hydrogens is 379 g/mol. The fraction of sp³-hybridized carbons (Fsp3) is 0.333. The molecule has 144 valence electrons. The number of fused-ring (bicyclic) bond motifs is 1. The van der Waals surface area contributed by atoms with E-state index in [1.807, 2.05) is 6.07 Å². The first-order valence-electron chi connectivity index (χ1n) is 9.29. The highest BCUT2D eigenvalue weighted by Gasteiger charge is 2.11. The molecular formula is C21H26Cl2N4. The van der Waals surface area contributed by atoms with Gasteiger partial charge in [-0.2, -0.15) is 0 Å². The first-order chi connectivity index (χ1) is 13.0. The van der Waals surface area contributed by atoms with Gasteiger partial charge in [-0.3, -0.25) is 0 Å². The number of unbranched alkanes of at least 4 members (excludes halogenated alkanes) is 1. The van der Waals surface area contributed by atoms with E-state index >= 15 is 0 Å². The van der Waals surface area contributed by atoms with Crippen LogP contribution in [0.1, 0.15) is 30.4 Å². The Morgan fingerprint density at radius 1 is 1.04 bits per heavy atom. The van der Waals surface area contributed by atoms with Crippen LogP contribution >= 0.6 is 23.2 Å². The van der Waals surface area contributed by atoms with Crippen molar-refractivity contribution in [1.82, 2.24) is 5.32 Å². The Hall–Kier alpha value is -1.88. The van der Waals surface area contributed by atoms with Gasteiger partial charge in [-0.15, -0.1) is 0 Å². The van der Waals surface area contributed by atoms with Gasteiger partial charge in [0.05, 0.1) is 21.4 Å². The van der Waals surface area contributed by atoms with Gasteiger partial charge >= 0.3 is 0 Å². The Morgan fingerprint density at radius 2 is 1.85 bits per heavy atom. The molecule has 0 saturated carbocycles. The molecule has 2 aromatic rings. The van der Waals surface area contributed by atoms with E-state index in [0.717, 1.165) is 56.7 Å². The molecule has 0 aliphatic carbocycles. The minimum Gasteiger partial charge on any atom is -0.397 e. The van der Waals surface area contributed by atoms with Gasteiger partial charge in [0, 0.05) is 24.5 Å². The molecule has 1 aliphatic rings. The second-order valence-electron chi connectivity index (χ2n) is 6.86. The molecule has 27 heavy (non-hydrogen) atoms. The summed E-state index contributed by atoms with van der Waals surface area (Å²) in [4.78, 5) is 0. The van der Waals surface area contributed by atoms with Gasteiger partial charge in [0.1, 0.15) is 0 Å².